The second kappa shape index (κ2) is 4.66. The molecule has 0 aliphatic carbocycles. The molecular formula is C11H17N5O2. The first kappa shape index (κ1) is 11.6. The van der Waals surface area contributed by atoms with Gasteiger partial charge in [-0.2, -0.15) is 4.98 Å². The Kier molecular flexibility index (Phi) is 3.00. The van der Waals surface area contributed by atoms with Gasteiger partial charge in [0.15, 0.2) is 0 Å². The molecule has 1 unspecified atom stereocenters. The normalized spacial score (nSPS) is 25.2. The second-order valence-corrected chi connectivity index (χ2v) is 4.94. The van der Waals surface area contributed by atoms with Gasteiger partial charge in [-0.15, -0.1) is 0 Å². The SMILES string of the molecule is NC(=O)c1noc(CN2CCN3CCCC3C2)n1. The van der Waals surface area contributed by atoms with Crippen LogP contribution in [0.2, 0.25) is 0 Å². The summed E-state index contributed by atoms with van der Waals surface area (Å²) in [7, 11) is 0. The molecule has 3 heterocycles. The van der Waals surface area contributed by atoms with Gasteiger partial charge in [0.2, 0.25) is 5.89 Å². The van der Waals surface area contributed by atoms with Crippen molar-refractivity contribution in [3.63, 3.8) is 0 Å². The summed E-state index contributed by atoms with van der Waals surface area (Å²) >= 11 is 0. The van der Waals surface area contributed by atoms with Gasteiger partial charge < -0.3 is 10.3 Å². The Balaban J connectivity index is 1.60. The molecule has 0 bridgehead atoms. The number of nitrogens with two attached hydrogens (primary N) is 1. The Labute approximate surface area is 105 Å². The molecule has 2 aliphatic heterocycles. The molecule has 1 aromatic heterocycles. The van der Waals surface area contributed by atoms with Crippen molar-refractivity contribution >= 4 is 5.91 Å². The number of primary amides is 1. The fourth-order valence-electron chi connectivity index (χ4n) is 2.81. The maximum Gasteiger partial charge on any atom is 0.290 e. The quantitative estimate of drug-likeness (QED) is 0.775. The molecule has 1 aromatic rings. The predicted molar refractivity (Wildman–Crippen MR) is 62.7 cm³/mol. The zero-order valence-electron chi connectivity index (χ0n) is 10.2. The highest BCUT2D eigenvalue weighted by atomic mass is 16.5. The number of nitrogens with zero attached hydrogens (tertiary/aromatic N) is 4. The molecule has 0 aromatic carbocycles. The first-order valence-electron chi connectivity index (χ1n) is 6.31. The largest absolute Gasteiger partial charge is 0.363 e. The lowest BCUT2D eigenvalue weighted by Gasteiger charge is -2.36. The highest BCUT2D eigenvalue weighted by Gasteiger charge is 2.31. The van der Waals surface area contributed by atoms with Crippen molar-refractivity contribution in [1.82, 2.24) is 19.9 Å². The smallest absolute Gasteiger partial charge is 0.290 e. The molecule has 1 amide bonds. The third kappa shape index (κ3) is 2.23. The van der Waals surface area contributed by atoms with Crippen molar-refractivity contribution in [2.24, 2.45) is 5.73 Å². The van der Waals surface area contributed by atoms with E-state index in [4.69, 9.17) is 10.3 Å². The van der Waals surface area contributed by atoms with E-state index >= 15 is 0 Å². The average molecular weight is 251 g/mol. The molecule has 1 atom stereocenters. The Morgan fingerprint density at radius 2 is 2.33 bits per heavy atom. The van der Waals surface area contributed by atoms with Crippen LogP contribution in [0.15, 0.2) is 4.52 Å². The number of piperazine rings is 1. The summed E-state index contributed by atoms with van der Waals surface area (Å²) in [6.45, 7) is 4.97. The van der Waals surface area contributed by atoms with Crippen LogP contribution in [-0.2, 0) is 6.54 Å². The third-order valence-corrected chi connectivity index (χ3v) is 3.72. The number of amides is 1. The van der Waals surface area contributed by atoms with Crippen LogP contribution in [0.3, 0.4) is 0 Å². The molecule has 98 valence electrons. The van der Waals surface area contributed by atoms with Gasteiger partial charge in [-0.05, 0) is 19.4 Å². The van der Waals surface area contributed by atoms with E-state index in [-0.39, 0.29) is 5.82 Å². The number of rotatable bonds is 3. The third-order valence-electron chi connectivity index (χ3n) is 3.72. The van der Waals surface area contributed by atoms with Gasteiger partial charge in [0.1, 0.15) is 0 Å². The summed E-state index contributed by atoms with van der Waals surface area (Å²) in [5.41, 5.74) is 5.09. The van der Waals surface area contributed by atoms with E-state index in [1.54, 1.807) is 0 Å². The summed E-state index contributed by atoms with van der Waals surface area (Å²) < 4.78 is 5.02. The first-order valence-corrected chi connectivity index (χ1v) is 6.31. The van der Waals surface area contributed by atoms with Gasteiger partial charge in [-0.1, -0.05) is 5.16 Å². The minimum Gasteiger partial charge on any atom is -0.363 e. The Bertz CT molecular complexity index is 446. The van der Waals surface area contributed by atoms with Crippen LogP contribution >= 0.6 is 0 Å². The summed E-state index contributed by atoms with van der Waals surface area (Å²) in [5.74, 6) is -0.217. The number of hydrogen-bond donors (Lipinski definition) is 1. The highest BCUT2D eigenvalue weighted by Crippen LogP contribution is 2.22. The fraction of sp³-hybridized carbons (Fsp3) is 0.727. The molecule has 2 fully saturated rings. The number of fused-ring (bicyclic) bond motifs is 1. The van der Waals surface area contributed by atoms with Crippen molar-refractivity contribution in [1.29, 1.82) is 0 Å². The molecular weight excluding hydrogens is 234 g/mol. The van der Waals surface area contributed by atoms with Crippen molar-refractivity contribution in [3.8, 4) is 0 Å². The van der Waals surface area contributed by atoms with Crippen LogP contribution in [0, 0.1) is 0 Å². The zero-order valence-corrected chi connectivity index (χ0v) is 10.2. The fourth-order valence-corrected chi connectivity index (χ4v) is 2.81. The molecule has 2 N–H and O–H groups in total. The standard InChI is InChI=1S/C11H17N5O2/c12-10(17)11-13-9(18-14-11)7-15-4-5-16-3-1-2-8(16)6-15/h8H,1-7H2,(H2,12,17). The second-order valence-electron chi connectivity index (χ2n) is 4.94. The minimum atomic E-state index is -0.648. The van der Waals surface area contributed by atoms with E-state index in [2.05, 4.69) is 19.9 Å². The zero-order chi connectivity index (χ0) is 12.5. The number of carbonyl (C=O) groups is 1. The number of carbonyl (C=O) groups excluding carboxylic acids is 1. The van der Waals surface area contributed by atoms with Crippen molar-refractivity contribution in [2.75, 3.05) is 26.2 Å². The van der Waals surface area contributed by atoms with Gasteiger partial charge in [-0.25, -0.2) is 0 Å². The Morgan fingerprint density at radius 3 is 3.11 bits per heavy atom. The summed E-state index contributed by atoms with van der Waals surface area (Å²) in [5, 5.41) is 3.55. The maximum atomic E-state index is 10.9. The van der Waals surface area contributed by atoms with Gasteiger partial charge in [0.25, 0.3) is 11.7 Å². The van der Waals surface area contributed by atoms with Crippen LogP contribution in [0.25, 0.3) is 0 Å². The van der Waals surface area contributed by atoms with Crippen molar-refractivity contribution in [2.45, 2.75) is 25.4 Å². The van der Waals surface area contributed by atoms with Gasteiger partial charge in [0, 0.05) is 25.7 Å². The molecule has 2 saturated heterocycles. The van der Waals surface area contributed by atoms with E-state index in [0.717, 1.165) is 19.6 Å². The van der Waals surface area contributed by atoms with Gasteiger partial charge in [0.05, 0.1) is 6.54 Å². The van der Waals surface area contributed by atoms with E-state index in [1.165, 1.54) is 19.4 Å². The monoisotopic (exact) mass is 251 g/mol. The maximum absolute atomic E-state index is 10.9. The molecule has 0 saturated carbocycles. The molecule has 0 spiro atoms. The molecule has 7 nitrogen and oxygen atoms in total. The van der Waals surface area contributed by atoms with E-state index in [1.807, 2.05) is 0 Å². The van der Waals surface area contributed by atoms with Crippen molar-refractivity contribution < 1.29 is 9.32 Å². The first-order chi connectivity index (χ1) is 8.72. The predicted octanol–water partition coefficient (Wildman–Crippen LogP) is -0.551. The Morgan fingerprint density at radius 1 is 1.44 bits per heavy atom. The van der Waals surface area contributed by atoms with E-state index < -0.39 is 5.91 Å². The van der Waals surface area contributed by atoms with Gasteiger partial charge in [-0.3, -0.25) is 14.6 Å². The van der Waals surface area contributed by atoms with Crippen molar-refractivity contribution in [3.05, 3.63) is 11.7 Å². The summed E-state index contributed by atoms with van der Waals surface area (Å²) in [4.78, 5) is 19.7. The van der Waals surface area contributed by atoms with E-state index in [0.29, 0.717) is 18.5 Å². The lowest BCUT2D eigenvalue weighted by Crippen LogP contribution is -2.49. The highest BCUT2D eigenvalue weighted by molar-refractivity contribution is 5.88. The molecule has 3 rings (SSSR count). The average Bonchev–Trinajstić information content (AvgIpc) is 2.96. The Hall–Kier alpha value is -1.47. The molecule has 18 heavy (non-hydrogen) atoms. The van der Waals surface area contributed by atoms with Crippen LogP contribution < -0.4 is 5.73 Å². The van der Waals surface area contributed by atoms with E-state index in [9.17, 15) is 4.79 Å². The van der Waals surface area contributed by atoms with Crippen LogP contribution in [0.1, 0.15) is 29.4 Å². The topological polar surface area (TPSA) is 88.5 Å². The van der Waals surface area contributed by atoms with Crippen LogP contribution in [0.4, 0.5) is 0 Å². The number of aromatic nitrogens is 2. The molecule has 2 aliphatic rings. The summed E-state index contributed by atoms with van der Waals surface area (Å²) in [6, 6.07) is 0.664. The lowest BCUT2D eigenvalue weighted by atomic mass is 10.1. The lowest BCUT2D eigenvalue weighted by molar-refractivity contribution is 0.0908. The number of hydrogen-bond acceptors (Lipinski definition) is 6. The van der Waals surface area contributed by atoms with Gasteiger partial charge >= 0.3 is 0 Å². The van der Waals surface area contributed by atoms with Crippen LogP contribution in [-0.4, -0.2) is 58.1 Å². The molecule has 0 radical (unpaired) electrons. The molecule has 7 heteroatoms. The summed E-state index contributed by atoms with van der Waals surface area (Å²) in [6.07, 6.45) is 2.57. The van der Waals surface area contributed by atoms with Crippen LogP contribution in [0.5, 0.6) is 0 Å². The minimum absolute atomic E-state index is 0.0375.